The van der Waals surface area contributed by atoms with Gasteiger partial charge in [-0.15, -0.1) is 0 Å². The van der Waals surface area contributed by atoms with Crippen LogP contribution in [0.25, 0.3) is 10.8 Å². The van der Waals surface area contributed by atoms with Crippen LogP contribution < -0.4 is 4.74 Å². The Balaban J connectivity index is 1.60. The number of rotatable bonds is 4. The summed E-state index contributed by atoms with van der Waals surface area (Å²) in [6.07, 6.45) is 6.35. The van der Waals surface area contributed by atoms with Gasteiger partial charge in [0.25, 0.3) is 0 Å². The maximum Gasteiger partial charge on any atom is 0.130 e. The molecule has 4 rings (SSSR count). The number of nitrogens with zero attached hydrogens (tertiary/aromatic N) is 2. The van der Waals surface area contributed by atoms with E-state index in [0.29, 0.717) is 12.6 Å². The first-order valence-corrected chi connectivity index (χ1v) is 7.03. The molecule has 0 bridgehead atoms. The van der Waals surface area contributed by atoms with Gasteiger partial charge in [-0.1, -0.05) is 36.4 Å². The van der Waals surface area contributed by atoms with Gasteiger partial charge in [-0.3, -0.25) is 0 Å². The minimum atomic E-state index is 0.574. The van der Waals surface area contributed by atoms with E-state index in [2.05, 4.69) is 27.8 Å². The summed E-state index contributed by atoms with van der Waals surface area (Å²) >= 11 is 0. The van der Waals surface area contributed by atoms with Crippen LogP contribution in [0.15, 0.2) is 55.0 Å². The van der Waals surface area contributed by atoms with Crippen molar-refractivity contribution < 1.29 is 4.74 Å². The van der Waals surface area contributed by atoms with Crippen LogP contribution in [0.4, 0.5) is 0 Å². The monoisotopic (exact) mass is 264 g/mol. The Morgan fingerprint density at radius 2 is 1.95 bits per heavy atom. The third-order valence-corrected chi connectivity index (χ3v) is 3.81. The molecule has 0 spiro atoms. The van der Waals surface area contributed by atoms with Gasteiger partial charge in [0.15, 0.2) is 0 Å². The van der Waals surface area contributed by atoms with Crippen molar-refractivity contribution in [1.82, 2.24) is 9.55 Å². The summed E-state index contributed by atoms with van der Waals surface area (Å²) in [5.74, 6) is 0.937. The molecule has 0 N–H and O–H groups in total. The van der Waals surface area contributed by atoms with E-state index in [-0.39, 0.29) is 0 Å². The zero-order chi connectivity index (χ0) is 13.4. The maximum atomic E-state index is 6.02. The second-order valence-corrected chi connectivity index (χ2v) is 5.29. The summed E-state index contributed by atoms with van der Waals surface area (Å²) in [5.41, 5.74) is 1.15. The first-order valence-electron chi connectivity index (χ1n) is 7.03. The van der Waals surface area contributed by atoms with Crippen LogP contribution in [-0.2, 0) is 6.61 Å². The highest BCUT2D eigenvalue weighted by Gasteiger charge is 2.25. The van der Waals surface area contributed by atoms with Crippen LogP contribution in [0.1, 0.15) is 24.6 Å². The Bertz CT molecular complexity index is 738. The minimum absolute atomic E-state index is 0.574. The maximum absolute atomic E-state index is 6.02. The molecule has 3 heteroatoms. The van der Waals surface area contributed by atoms with Gasteiger partial charge in [0.1, 0.15) is 12.4 Å². The smallest absolute Gasteiger partial charge is 0.130 e. The van der Waals surface area contributed by atoms with Crippen molar-refractivity contribution in [3.05, 3.63) is 60.7 Å². The summed E-state index contributed by atoms with van der Waals surface area (Å²) in [6.45, 7) is 0.574. The van der Waals surface area contributed by atoms with Crippen molar-refractivity contribution in [3.8, 4) is 5.75 Å². The van der Waals surface area contributed by atoms with Crippen LogP contribution in [0, 0.1) is 0 Å². The average molecular weight is 264 g/mol. The van der Waals surface area contributed by atoms with Gasteiger partial charge in [0.05, 0.1) is 18.2 Å². The highest BCUT2D eigenvalue weighted by molar-refractivity contribution is 5.88. The predicted molar refractivity (Wildman–Crippen MR) is 78.8 cm³/mol. The van der Waals surface area contributed by atoms with E-state index in [1.807, 2.05) is 36.8 Å². The van der Waals surface area contributed by atoms with Crippen LogP contribution >= 0.6 is 0 Å². The fourth-order valence-electron chi connectivity index (χ4n) is 2.60. The Morgan fingerprint density at radius 1 is 1.10 bits per heavy atom. The molecule has 1 aromatic heterocycles. The van der Waals surface area contributed by atoms with Gasteiger partial charge in [0.2, 0.25) is 0 Å². The van der Waals surface area contributed by atoms with E-state index >= 15 is 0 Å². The fraction of sp³-hybridized carbons (Fsp3) is 0.235. The van der Waals surface area contributed by atoms with Gasteiger partial charge in [0, 0.05) is 11.4 Å². The zero-order valence-electron chi connectivity index (χ0n) is 11.2. The number of benzene rings is 2. The first kappa shape index (κ1) is 11.5. The molecule has 3 nitrogen and oxygen atoms in total. The molecule has 100 valence electrons. The number of ether oxygens (including phenoxy) is 1. The molecule has 1 aliphatic carbocycles. The van der Waals surface area contributed by atoms with E-state index in [1.54, 1.807) is 0 Å². The van der Waals surface area contributed by atoms with Crippen molar-refractivity contribution >= 4 is 10.8 Å². The van der Waals surface area contributed by atoms with Gasteiger partial charge in [-0.25, -0.2) is 4.98 Å². The molecule has 2 aromatic carbocycles. The highest BCUT2D eigenvalue weighted by Crippen LogP contribution is 2.36. The predicted octanol–water partition coefficient (Wildman–Crippen LogP) is 3.95. The molecule has 0 atom stereocenters. The number of hydrogen-bond acceptors (Lipinski definition) is 2. The number of imidazole rings is 1. The van der Waals surface area contributed by atoms with E-state index in [9.17, 15) is 0 Å². The van der Waals surface area contributed by atoms with E-state index < -0.39 is 0 Å². The Kier molecular flexibility index (Phi) is 2.69. The van der Waals surface area contributed by atoms with Crippen molar-refractivity contribution in [3.63, 3.8) is 0 Å². The van der Waals surface area contributed by atoms with Crippen LogP contribution in [-0.4, -0.2) is 9.55 Å². The van der Waals surface area contributed by atoms with Crippen LogP contribution in [0.3, 0.4) is 0 Å². The molecule has 0 radical (unpaired) electrons. The summed E-state index contributed by atoms with van der Waals surface area (Å²) in [6, 6.07) is 15.1. The highest BCUT2D eigenvalue weighted by atomic mass is 16.5. The molecule has 1 aliphatic rings. The fourth-order valence-corrected chi connectivity index (χ4v) is 2.60. The van der Waals surface area contributed by atoms with E-state index in [4.69, 9.17) is 4.74 Å². The van der Waals surface area contributed by atoms with Crippen LogP contribution in [0.5, 0.6) is 5.75 Å². The van der Waals surface area contributed by atoms with Crippen molar-refractivity contribution in [2.45, 2.75) is 25.5 Å². The summed E-state index contributed by atoms with van der Waals surface area (Å²) in [4.78, 5) is 4.24. The standard InChI is InChI=1S/C17H16N2O/c1-2-6-16-13(4-1)5-3-7-17(16)20-11-15-10-18-12-19(15)14-8-9-14/h1-7,10,12,14H,8-9,11H2. The second kappa shape index (κ2) is 4.67. The normalized spacial score (nSPS) is 14.6. The molecule has 1 heterocycles. The minimum Gasteiger partial charge on any atom is -0.487 e. The third-order valence-electron chi connectivity index (χ3n) is 3.81. The van der Waals surface area contributed by atoms with Gasteiger partial charge in [-0.05, 0) is 24.3 Å². The van der Waals surface area contributed by atoms with Gasteiger partial charge in [-0.2, -0.15) is 0 Å². The SMILES string of the molecule is c1ccc2c(OCc3cncn3C3CC3)cccc2c1. The second-order valence-electron chi connectivity index (χ2n) is 5.29. The molecule has 20 heavy (non-hydrogen) atoms. The quantitative estimate of drug-likeness (QED) is 0.713. The van der Waals surface area contributed by atoms with Crippen molar-refractivity contribution in [2.24, 2.45) is 0 Å². The van der Waals surface area contributed by atoms with E-state index in [0.717, 1.165) is 16.8 Å². The molecule has 0 aliphatic heterocycles. The molecule has 1 fully saturated rings. The van der Waals surface area contributed by atoms with Gasteiger partial charge >= 0.3 is 0 Å². The van der Waals surface area contributed by atoms with Crippen LogP contribution in [0.2, 0.25) is 0 Å². The Labute approximate surface area is 117 Å². The lowest BCUT2D eigenvalue weighted by molar-refractivity contribution is 0.298. The molecule has 3 aromatic rings. The van der Waals surface area contributed by atoms with Gasteiger partial charge < -0.3 is 9.30 Å². The topological polar surface area (TPSA) is 27.1 Å². The lowest BCUT2D eigenvalue weighted by atomic mass is 10.1. The van der Waals surface area contributed by atoms with Crippen molar-refractivity contribution in [1.29, 1.82) is 0 Å². The molecule has 0 saturated heterocycles. The number of aromatic nitrogens is 2. The molecule has 0 amide bonds. The molecule has 1 saturated carbocycles. The lowest BCUT2D eigenvalue weighted by Crippen LogP contribution is -2.03. The average Bonchev–Trinajstić information content (AvgIpc) is 3.24. The van der Waals surface area contributed by atoms with Crippen molar-refractivity contribution in [2.75, 3.05) is 0 Å². The molecule has 0 unspecified atom stereocenters. The third kappa shape index (κ3) is 2.05. The van der Waals surface area contributed by atoms with E-state index in [1.165, 1.54) is 18.2 Å². The largest absolute Gasteiger partial charge is 0.487 e. The Morgan fingerprint density at radius 3 is 2.85 bits per heavy atom. The number of fused-ring (bicyclic) bond motifs is 1. The Hall–Kier alpha value is -2.29. The number of hydrogen-bond donors (Lipinski definition) is 0. The molecular formula is C17H16N2O. The molecular weight excluding hydrogens is 248 g/mol. The summed E-state index contributed by atoms with van der Waals surface area (Å²) in [5, 5.41) is 2.37. The zero-order valence-corrected chi connectivity index (χ0v) is 11.2. The lowest BCUT2D eigenvalue weighted by Gasteiger charge is -2.11. The summed E-state index contributed by atoms with van der Waals surface area (Å²) in [7, 11) is 0. The summed E-state index contributed by atoms with van der Waals surface area (Å²) < 4.78 is 8.26. The first-order chi connectivity index (χ1) is 9.92.